The molecule has 0 radical (unpaired) electrons. The summed E-state index contributed by atoms with van der Waals surface area (Å²) >= 11 is 3.16. The maximum Gasteiger partial charge on any atom is 0.174 e. The van der Waals surface area contributed by atoms with E-state index in [4.69, 9.17) is 0 Å². The molecule has 0 amide bonds. The smallest absolute Gasteiger partial charge is 0.174 e. The van der Waals surface area contributed by atoms with Crippen molar-refractivity contribution >= 4 is 23.1 Å². The second-order valence-corrected chi connectivity index (χ2v) is 6.11. The highest BCUT2D eigenvalue weighted by Crippen LogP contribution is 2.28. The van der Waals surface area contributed by atoms with Gasteiger partial charge in [0, 0.05) is 5.75 Å². The molecular formula is C13H14N4S2. The summed E-state index contributed by atoms with van der Waals surface area (Å²) in [5.74, 6) is 0.818. The molecule has 1 N–H and O–H groups in total. The van der Waals surface area contributed by atoms with Crippen LogP contribution in [0, 0.1) is 11.3 Å². The monoisotopic (exact) mass is 290 g/mol. The zero-order valence-corrected chi connectivity index (χ0v) is 12.2. The molecule has 0 spiro atoms. The van der Waals surface area contributed by atoms with Crippen molar-refractivity contribution < 1.29 is 0 Å². The average molecular weight is 290 g/mol. The van der Waals surface area contributed by atoms with Gasteiger partial charge in [-0.2, -0.15) is 5.26 Å². The predicted molar refractivity (Wildman–Crippen MR) is 78.0 cm³/mol. The van der Waals surface area contributed by atoms with Gasteiger partial charge in [0.05, 0.1) is 6.07 Å². The molecule has 0 aliphatic rings. The molecule has 0 saturated heterocycles. The Morgan fingerprint density at radius 2 is 2.21 bits per heavy atom. The molecule has 0 aliphatic heterocycles. The molecule has 1 aromatic carbocycles. The molecule has 2 aromatic rings. The number of nitrogens with one attached hydrogen (secondary N) is 1. The summed E-state index contributed by atoms with van der Waals surface area (Å²) in [6.45, 7) is 0. The van der Waals surface area contributed by atoms with Crippen molar-refractivity contribution in [2.45, 2.75) is 16.3 Å². The van der Waals surface area contributed by atoms with E-state index < -0.39 is 5.54 Å². The molecule has 0 aliphatic carbocycles. The van der Waals surface area contributed by atoms with Gasteiger partial charge in [0.1, 0.15) is 11.0 Å². The molecule has 0 bridgehead atoms. The molecule has 1 heterocycles. The Morgan fingerprint density at radius 3 is 2.79 bits per heavy atom. The fourth-order valence-corrected chi connectivity index (χ4v) is 3.45. The third kappa shape index (κ3) is 3.32. The average Bonchev–Trinajstić information content (AvgIpc) is 2.98. The highest BCUT2D eigenvalue weighted by Gasteiger charge is 2.29. The third-order valence-corrected chi connectivity index (χ3v) is 4.79. The molecule has 1 aromatic heterocycles. The minimum absolute atomic E-state index is 0.640. The number of thioether (sulfide) groups is 1. The van der Waals surface area contributed by atoms with Crippen LogP contribution in [0.1, 0.15) is 12.0 Å². The first-order chi connectivity index (χ1) is 9.30. The first-order valence-electron chi connectivity index (χ1n) is 5.85. The van der Waals surface area contributed by atoms with Crippen molar-refractivity contribution in [3.63, 3.8) is 0 Å². The van der Waals surface area contributed by atoms with Crippen LogP contribution >= 0.6 is 23.1 Å². The molecular weight excluding hydrogens is 276 g/mol. The van der Waals surface area contributed by atoms with E-state index in [9.17, 15) is 5.26 Å². The highest BCUT2D eigenvalue weighted by molar-refractivity contribution is 8.00. The van der Waals surface area contributed by atoms with Gasteiger partial charge in [0.15, 0.2) is 4.34 Å². The van der Waals surface area contributed by atoms with Crippen molar-refractivity contribution in [2.75, 3.05) is 12.8 Å². The Bertz CT molecular complexity index is 536. The number of hydrogen-bond donors (Lipinski definition) is 1. The van der Waals surface area contributed by atoms with Crippen LogP contribution in [0.5, 0.6) is 0 Å². The third-order valence-electron chi connectivity index (χ3n) is 2.93. The second kappa shape index (κ2) is 6.66. The van der Waals surface area contributed by atoms with Crippen LogP contribution in [0.4, 0.5) is 0 Å². The van der Waals surface area contributed by atoms with E-state index in [1.165, 1.54) is 11.3 Å². The summed E-state index contributed by atoms with van der Waals surface area (Å²) in [6.07, 6.45) is 0.717. The van der Waals surface area contributed by atoms with Crippen LogP contribution in [0.15, 0.2) is 40.2 Å². The fourth-order valence-electron chi connectivity index (χ4n) is 1.83. The van der Waals surface area contributed by atoms with Crippen molar-refractivity contribution in [1.29, 1.82) is 5.26 Å². The van der Waals surface area contributed by atoms with E-state index in [0.29, 0.717) is 6.42 Å². The Balaban J connectivity index is 2.06. The van der Waals surface area contributed by atoms with Crippen molar-refractivity contribution in [3.8, 4) is 6.07 Å². The van der Waals surface area contributed by atoms with Crippen LogP contribution in [-0.4, -0.2) is 23.0 Å². The number of nitrogens with zero attached hydrogens (tertiary/aromatic N) is 3. The van der Waals surface area contributed by atoms with Crippen LogP contribution in [-0.2, 0) is 5.54 Å². The summed E-state index contributed by atoms with van der Waals surface area (Å²) in [5, 5.41) is 20.5. The lowest BCUT2D eigenvalue weighted by Gasteiger charge is -2.26. The Kier molecular flexibility index (Phi) is 4.91. The van der Waals surface area contributed by atoms with E-state index in [2.05, 4.69) is 21.6 Å². The quantitative estimate of drug-likeness (QED) is 0.829. The second-order valence-electron chi connectivity index (χ2n) is 3.94. The summed E-state index contributed by atoms with van der Waals surface area (Å²) in [6, 6.07) is 12.2. The normalized spacial score (nSPS) is 13.7. The molecule has 6 heteroatoms. The van der Waals surface area contributed by atoms with Crippen LogP contribution in [0.25, 0.3) is 0 Å². The van der Waals surface area contributed by atoms with Gasteiger partial charge < -0.3 is 0 Å². The van der Waals surface area contributed by atoms with Gasteiger partial charge in [-0.25, -0.2) is 0 Å². The number of benzene rings is 1. The molecule has 1 unspecified atom stereocenters. The lowest BCUT2D eigenvalue weighted by molar-refractivity contribution is 0.457. The Labute approximate surface area is 120 Å². The molecule has 19 heavy (non-hydrogen) atoms. The summed E-state index contributed by atoms with van der Waals surface area (Å²) in [5.41, 5.74) is 2.08. The predicted octanol–water partition coefficient (Wildman–Crippen LogP) is 2.66. The maximum atomic E-state index is 9.54. The number of nitriles is 1. The molecule has 0 saturated carbocycles. The number of aromatic nitrogens is 2. The van der Waals surface area contributed by atoms with Gasteiger partial charge in [0.2, 0.25) is 0 Å². The van der Waals surface area contributed by atoms with Gasteiger partial charge in [-0.1, -0.05) is 53.4 Å². The van der Waals surface area contributed by atoms with Crippen LogP contribution in [0.2, 0.25) is 0 Å². The van der Waals surface area contributed by atoms with E-state index in [-0.39, 0.29) is 0 Å². The highest BCUT2D eigenvalue weighted by atomic mass is 32.2. The van der Waals surface area contributed by atoms with Crippen molar-refractivity contribution in [3.05, 3.63) is 41.4 Å². The first-order valence-corrected chi connectivity index (χ1v) is 7.72. The van der Waals surface area contributed by atoms with Crippen LogP contribution < -0.4 is 5.32 Å². The Hall–Kier alpha value is -1.42. The molecule has 2 rings (SSSR count). The molecule has 4 nitrogen and oxygen atoms in total. The standard InChI is InChI=1S/C13H14N4S2/c1-15-13(9-14,11-5-3-2-4-6-11)7-8-18-12-17-16-10-19-12/h2-6,10,15H,7-8H2,1H3. The van der Waals surface area contributed by atoms with Gasteiger partial charge in [-0.15, -0.1) is 10.2 Å². The zero-order chi connectivity index (χ0) is 13.6. The summed E-state index contributed by atoms with van der Waals surface area (Å²) < 4.78 is 0.941. The lowest BCUT2D eigenvalue weighted by Crippen LogP contribution is -2.39. The number of hydrogen-bond acceptors (Lipinski definition) is 6. The van der Waals surface area contributed by atoms with E-state index in [1.54, 1.807) is 17.3 Å². The minimum atomic E-state index is -0.640. The molecule has 0 fully saturated rings. The lowest BCUT2D eigenvalue weighted by atomic mass is 9.89. The van der Waals surface area contributed by atoms with E-state index >= 15 is 0 Å². The molecule has 1 atom stereocenters. The van der Waals surface area contributed by atoms with E-state index in [1.807, 2.05) is 37.4 Å². The Morgan fingerprint density at radius 1 is 1.42 bits per heavy atom. The van der Waals surface area contributed by atoms with E-state index in [0.717, 1.165) is 15.7 Å². The first kappa shape index (κ1) is 14.0. The van der Waals surface area contributed by atoms with Gasteiger partial charge in [-0.3, -0.25) is 5.32 Å². The minimum Gasteiger partial charge on any atom is -0.299 e. The van der Waals surface area contributed by atoms with Crippen LogP contribution in [0.3, 0.4) is 0 Å². The van der Waals surface area contributed by atoms with Gasteiger partial charge in [-0.05, 0) is 19.0 Å². The summed E-state index contributed by atoms with van der Waals surface area (Å²) in [4.78, 5) is 0. The maximum absolute atomic E-state index is 9.54. The number of rotatable bonds is 6. The van der Waals surface area contributed by atoms with Crippen molar-refractivity contribution in [1.82, 2.24) is 15.5 Å². The van der Waals surface area contributed by atoms with Crippen molar-refractivity contribution in [2.24, 2.45) is 0 Å². The van der Waals surface area contributed by atoms with Gasteiger partial charge in [0.25, 0.3) is 0 Å². The summed E-state index contributed by atoms with van der Waals surface area (Å²) in [7, 11) is 1.83. The SMILES string of the molecule is CNC(C#N)(CCSc1nncs1)c1ccccc1. The zero-order valence-electron chi connectivity index (χ0n) is 10.5. The topological polar surface area (TPSA) is 61.6 Å². The molecule has 98 valence electrons. The fraction of sp³-hybridized carbons (Fsp3) is 0.308. The van der Waals surface area contributed by atoms with Gasteiger partial charge >= 0.3 is 0 Å². The largest absolute Gasteiger partial charge is 0.299 e.